The number of piperidine rings is 1. The molecule has 1 saturated heterocycles. The number of carbonyl (C=O) groups is 2. The minimum Gasteiger partial charge on any atom is -0.480 e. The lowest BCUT2D eigenvalue weighted by Crippen LogP contribution is -2.50. The summed E-state index contributed by atoms with van der Waals surface area (Å²) in [4.78, 5) is 23.2. The van der Waals surface area contributed by atoms with Crippen LogP contribution in [0.3, 0.4) is 0 Å². The fourth-order valence-electron chi connectivity index (χ4n) is 2.24. The molecule has 2 unspecified atom stereocenters. The lowest BCUT2D eigenvalue weighted by Gasteiger charge is -2.31. The van der Waals surface area contributed by atoms with E-state index in [1.165, 1.54) is 4.31 Å². The quantitative estimate of drug-likeness (QED) is 0.737. The molecular weight excluding hydrogens is 284 g/mol. The van der Waals surface area contributed by atoms with Crippen LogP contribution in [0.4, 0.5) is 0 Å². The smallest absolute Gasteiger partial charge is 0.326 e. The molecule has 1 amide bonds. The lowest BCUT2D eigenvalue weighted by atomic mass is 9.97. The number of aliphatic carboxylic acids is 1. The number of rotatable bonds is 5. The van der Waals surface area contributed by atoms with E-state index in [4.69, 9.17) is 5.11 Å². The first-order valence-corrected chi connectivity index (χ1v) is 8.46. The van der Waals surface area contributed by atoms with Crippen molar-refractivity contribution in [1.29, 1.82) is 0 Å². The van der Waals surface area contributed by atoms with Gasteiger partial charge in [-0.1, -0.05) is 13.8 Å². The number of carboxylic acid groups (broad SMARTS) is 1. The van der Waals surface area contributed by atoms with Crippen molar-refractivity contribution in [2.24, 2.45) is 11.8 Å². The third-order valence-corrected chi connectivity index (χ3v) is 4.72. The van der Waals surface area contributed by atoms with Crippen LogP contribution in [0.25, 0.3) is 0 Å². The van der Waals surface area contributed by atoms with Gasteiger partial charge >= 0.3 is 5.97 Å². The molecular formula is C12H22N2O5S. The van der Waals surface area contributed by atoms with Gasteiger partial charge in [0.2, 0.25) is 15.9 Å². The Morgan fingerprint density at radius 2 is 1.95 bits per heavy atom. The van der Waals surface area contributed by atoms with Crippen molar-refractivity contribution in [2.45, 2.75) is 32.7 Å². The third kappa shape index (κ3) is 4.45. The topological polar surface area (TPSA) is 104 Å². The molecule has 1 rings (SSSR count). The number of amides is 1. The number of hydrogen-bond acceptors (Lipinski definition) is 4. The monoisotopic (exact) mass is 306 g/mol. The molecule has 0 radical (unpaired) electrons. The number of carbonyl (C=O) groups excluding carboxylic acids is 1. The van der Waals surface area contributed by atoms with Crippen molar-refractivity contribution in [1.82, 2.24) is 9.62 Å². The molecule has 20 heavy (non-hydrogen) atoms. The van der Waals surface area contributed by atoms with Gasteiger partial charge in [-0.3, -0.25) is 4.79 Å². The first-order chi connectivity index (χ1) is 9.12. The highest BCUT2D eigenvalue weighted by Gasteiger charge is 2.32. The molecule has 0 bridgehead atoms. The Morgan fingerprint density at radius 1 is 1.35 bits per heavy atom. The van der Waals surface area contributed by atoms with Gasteiger partial charge in [-0.25, -0.2) is 17.5 Å². The summed E-state index contributed by atoms with van der Waals surface area (Å²) in [6.07, 6.45) is 2.29. The van der Waals surface area contributed by atoms with Gasteiger partial charge in [-0.15, -0.1) is 0 Å². The van der Waals surface area contributed by atoms with Crippen LogP contribution in [-0.4, -0.2) is 55.1 Å². The van der Waals surface area contributed by atoms with E-state index in [0.29, 0.717) is 19.4 Å². The van der Waals surface area contributed by atoms with E-state index in [-0.39, 0.29) is 18.4 Å². The Hall–Kier alpha value is -1.15. The zero-order chi connectivity index (χ0) is 15.5. The molecule has 0 aromatic rings. The average molecular weight is 306 g/mol. The Labute approximate surface area is 119 Å². The van der Waals surface area contributed by atoms with Crippen molar-refractivity contribution in [3.05, 3.63) is 0 Å². The highest BCUT2D eigenvalue weighted by Crippen LogP contribution is 2.19. The van der Waals surface area contributed by atoms with Crippen molar-refractivity contribution in [3.8, 4) is 0 Å². The second kappa shape index (κ2) is 6.53. The van der Waals surface area contributed by atoms with Crippen LogP contribution in [0, 0.1) is 11.8 Å². The second-order valence-electron chi connectivity index (χ2n) is 5.53. The summed E-state index contributed by atoms with van der Waals surface area (Å²) in [6, 6.07) is -0.948. The number of nitrogens with one attached hydrogen (secondary N) is 1. The van der Waals surface area contributed by atoms with E-state index in [2.05, 4.69) is 5.32 Å². The Morgan fingerprint density at radius 3 is 2.40 bits per heavy atom. The van der Waals surface area contributed by atoms with Gasteiger partial charge in [0.25, 0.3) is 0 Å². The van der Waals surface area contributed by atoms with Crippen molar-refractivity contribution in [3.63, 3.8) is 0 Å². The maximum atomic E-state index is 12.1. The first kappa shape index (κ1) is 16.9. The Balaban J connectivity index is 2.70. The number of carboxylic acids is 1. The largest absolute Gasteiger partial charge is 0.480 e. The molecule has 116 valence electrons. The average Bonchev–Trinajstić information content (AvgIpc) is 2.34. The van der Waals surface area contributed by atoms with Crippen LogP contribution in [0.2, 0.25) is 0 Å². The molecule has 2 N–H and O–H groups in total. The summed E-state index contributed by atoms with van der Waals surface area (Å²) < 4.78 is 24.3. The van der Waals surface area contributed by atoms with Crippen molar-refractivity contribution < 1.29 is 23.1 Å². The molecule has 0 spiro atoms. The molecule has 1 fully saturated rings. The van der Waals surface area contributed by atoms with Crippen LogP contribution in [0.5, 0.6) is 0 Å². The van der Waals surface area contributed by atoms with Gasteiger partial charge in [-0.2, -0.15) is 0 Å². The lowest BCUT2D eigenvalue weighted by molar-refractivity contribution is -0.144. The van der Waals surface area contributed by atoms with Gasteiger partial charge in [0, 0.05) is 13.1 Å². The predicted molar refractivity (Wildman–Crippen MR) is 73.5 cm³/mol. The van der Waals surface area contributed by atoms with E-state index in [1.807, 2.05) is 0 Å². The molecule has 7 nitrogen and oxygen atoms in total. The Kier molecular flexibility index (Phi) is 5.52. The number of nitrogens with zero attached hydrogens (tertiary/aromatic N) is 1. The van der Waals surface area contributed by atoms with E-state index in [9.17, 15) is 18.0 Å². The van der Waals surface area contributed by atoms with Crippen LogP contribution in [-0.2, 0) is 19.6 Å². The van der Waals surface area contributed by atoms with Crippen molar-refractivity contribution in [2.75, 3.05) is 19.3 Å². The zero-order valence-electron chi connectivity index (χ0n) is 12.0. The molecule has 8 heteroatoms. The minimum atomic E-state index is -3.32. The van der Waals surface area contributed by atoms with Crippen LogP contribution in [0.1, 0.15) is 26.7 Å². The molecule has 1 aliphatic heterocycles. The first-order valence-electron chi connectivity index (χ1n) is 6.61. The molecule has 1 heterocycles. The van der Waals surface area contributed by atoms with Gasteiger partial charge in [0.1, 0.15) is 6.04 Å². The van der Waals surface area contributed by atoms with Crippen LogP contribution < -0.4 is 5.32 Å². The third-order valence-electron chi connectivity index (χ3n) is 3.45. The molecule has 0 aliphatic carbocycles. The number of hydrogen-bond donors (Lipinski definition) is 2. The number of sulfonamides is 1. The SMILES string of the molecule is CC(C)C(NC(=O)C1CCCN(S(C)(=O)=O)C1)C(=O)O. The minimum absolute atomic E-state index is 0.120. The van der Waals surface area contributed by atoms with Crippen LogP contribution in [0.15, 0.2) is 0 Å². The molecule has 0 aromatic carbocycles. The summed E-state index contributed by atoms with van der Waals surface area (Å²) in [5.41, 5.74) is 0. The van der Waals surface area contributed by atoms with Gasteiger partial charge in [0.05, 0.1) is 12.2 Å². The molecule has 2 atom stereocenters. The second-order valence-corrected chi connectivity index (χ2v) is 7.51. The fraction of sp³-hybridized carbons (Fsp3) is 0.833. The predicted octanol–water partition coefficient (Wildman–Crippen LogP) is -0.117. The Bertz CT molecular complexity index is 474. The van der Waals surface area contributed by atoms with Crippen molar-refractivity contribution >= 4 is 21.9 Å². The van der Waals surface area contributed by atoms with Gasteiger partial charge in [0.15, 0.2) is 0 Å². The van der Waals surface area contributed by atoms with E-state index >= 15 is 0 Å². The summed E-state index contributed by atoms with van der Waals surface area (Å²) in [6.45, 7) is 3.95. The van der Waals surface area contributed by atoms with E-state index in [1.54, 1.807) is 13.8 Å². The summed E-state index contributed by atoms with van der Waals surface area (Å²) in [5, 5.41) is 11.5. The van der Waals surface area contributed by atoms with Gasteiger partial charge < -0.3 is 10.4 Å². The van der Waals surface area contributed by atoms with E-state index in [0.717, 1.165) is 6.26 Å². The molecule has 0 saturated carbocycles. The maximum absolute atomic E-state index is 12.1. The molecule has 1 aliphatic rings. The normalized spacial score (nSPS) is 22.5. The maximum Gasteiger partial charge on any atom is 0.326 e. The van der Waals surface area contributed by atoms with Crippen LogP contribution >= 0.6 is 0 Å². The molecule has 0 aromatic heterocycles. The standard InChI is InChI=1S/C12H22N2O5S/c1-8(2)10(12(16)17)13-11(15)9-5-4-6-14(7-9)20(3,18)19/h8-10H,4-7H2,1-3H3,(H,13,15)(H,16,17). The summed E-state index contributed by atoms with van der Waals surface area (Å²) in [7, 11) is -3.32. The van der Waals surface area contributed by atoms with E-state index < -0.39 is 28.0 Å². The zero-order valence-corrected chi connectivity index (χ0v) is 12.8. The fourth-order valence-corrected chi connectivity index (χ4v) is 3.15. The highest BCUT2D eigenvalue weighted by atomic mass is 32.2. The summed E-state index contributed by atoms with van der Waals surface area (Å²) in [5.74, 6) is -2.19. The highest BCUT2D eigenvalue weighted by molar-refractivity contribution is 7.88. The van der Waals surface area contributed by atoms with Gasteiger partial charge in [-0.05, 0) is 18.8 Å². The summed E-state index contributed by atoms with van der Waals surface area (Å²) >= 11 is 0.